The molecule has 4 rings (SSSR count). The zero-order valence-electron chi connectivity index (χ0n) is 14.4. The van der Waals surface area contributed by atoms with Crippen LogP contribution >= 0.6 is 15.9 Å². The fraction of sp³-hybridized carbons (Fsp3) is 0.238. The van der Waals surface area contributed by atoms with Crippen LogP contribution in [0.5, 0.6) is 0 Å². The molecular weight excluding hydrogens is 395 g/mol. The first-order chi connectivity index (χ1) is 12.5. The van der Waals surface area contributed by atoms with E-state index in [1.54, 1.807) is 12.1 Å². The number of aromatic nitrogens is 1. The van der Waals surface area contributed by atoms with Gasteiger partial charge in [-0.15, -0.1) is 0 Å². The lowest BCUT2D eigenvalue weighted by atomic mass is 9.98. The van der Waals surface area contributed by atoms with Gasteiger partial charge < -0.3 is 5.32 Å². The summed E-state index contributed by atoms with van der Waals surface area (Å²) in [5, 5.41) is 3.91. The van der Waals surface area contributed by atoms with E-state index in [0.717, 1.165) is 45.0 Å². The monoisotopic (exact) mass is 412 g/mol. The highest BCUT2D eigenvalue weighted by Gasteiger charge is 2.31. The molecule has 0 bridgehead atoms. The Morgan fingerprint density at radius 1 is 1.27 bits per heavy atom. The van der Waals surface area contributed by atoms with Gasteiger partial charge in [0.1, 0.15) is 5.82 Å². The molecule has 3 aromatic rings. The molecule has 2 aromatic carbocycles. The van der Waals surface area contributed by atoms with Gasteiger partial charge in [0, 0.05) is 22.3 Å². The van der Waals surface area contributed by atoms with E-state index in [2.05, 4.69) is 21.2 Å². The number of pyridine rings is 1. The van der Waals surface area contributed by atoms with E-state index in [9.17, 15) is 9.18 Å². The first-order valence-corrected chi connectivity index (χ1v) is 9.44. The molecule has 1 heterocycles. The maximum absolute atomic E-state index is 13.3. The van der Waals surface area contributed by atoms with E-state index >= 15 is 0 Å². The average Bonchev–Trinajstić information content (AvgIpc) is 3.44. The number of benzene rings is 2. The van der Waals surface area contributed by atoms with Crippen molar-refractivity contribution in [1.29, 1.82) is 0 Å². The van der Waals surface area contributed by atoms with E-state index in [1.165, 1.54) is 12.1 Å². The van der Waals surface area contributed by atoms with Crippen LogP contribution in [0, 0.1) is 12.7 Å². The van der Waals surface area contributed by atoms with Crippen molar-refractivity contribution in [3.63, 3.8) is 0 Å². The lowest BCUT2D eigenvalue weighted by Gasteiger charge is -2.15. The molecule has 0 unspecified atom stereocenters. The predicted molar refractivity (Wildman–Crippen MR) is 104 cm³/mol. The normalized spacial score (nSPS) is 13.8. The highest BCUT2D eigenvalue weighted by Crippen LogP contribution is 2.42. The predicted octanol–water partition coefficient (Wildman–Crippen LogP) is 5.25. The fourth-order valence-electron chi connectivity index (χ4n) is 3.28. The Labute approximate surface area is 159 Å². The second-order valence-corrected chi connectivity index (χ2v) is 7.66. The van der Waals surface area contributed by atoms with E-state index in [4.69, 9.17) is 4.98 Å². The van der Waals surface area contributed by atoms with Crippen molar-refractivity contribution in [2.24, 2.45) is 0 Å². The van der Waals surface area contributed by atoms with Crippen LogP contribution in [0.3, 0.4) is 0 Å². The Hall–Kier alpha value is -2.27. The molecule has 0 aliphatic heterocycles. The highest BCUT2D eigenvalue weighted by atomic mass is 79.9. The number of amides is 1. The lowest BCUT2D eigenvalue weighted by Crippen LogP contribution is -2.25. The summed E-state index contributed by atoms with van der Waals surface area (Å²) in [6.45, 7) is 2.26. The van der Waals surface area contributed by atoms with Gasteiger partial charge in [0.15, 0.2) is 0 Å². The number of fused-ring (bicyclic) bond motifs is 1. The molecule has 1 aliphatic rings. The molecule has 3 nitrogen and oxygen atoms in total. The van der Waals surface area contributed by atoms with Crippen molar-refractivity contribution in [1.82, 2.24) is 10.3 Å². The van der Waals surface area contributed by atoms with E-state index < -0.39 is 0 Å². The van der Waals surface area contributed by atoms with Crippen molar-refractivity contribution in [3.8, 4) is 0 Å². The van der Waals surface area contributed by atoms with Gasteiger partial charge >= 0.3 is 0 Å². The minimum atomic E-state index is -0.301. The van der Waals surface area contributed by atoms with Gasteiger partial charge in [0.2, 0.25) is 0 Å². The number of nitrogens with zero attached hydrogens (tertiary/aromatic N) is 1. The van der Waals surface area contributed by atoms with Crippen molar-refractivity contribution < 1.29 is 9.18 Å². The number of aryl methyl sites for hydroxylation is 1. The molecule has 1 saturated carbocycles. The van der Waals surface area contributed by atoms with Gasteiger partial charge in [-0.05, 0) is 55.2 Å². The van der Waals surface area contributed by atoms with Crippen LogP contribution in [0.15, 0.2) is 46.9 Å². The van der Waals surface area contributed by atoms with Gasteiger partial charge in [-0.3, -0.25) is 9.78 Å². The van der Waals surface area contributed by atoms with E-state index in [1.807, 2.05) is 25.1 Å². The Bertz CT molecular complexity index is 1010. The third-order valence-corrected chi connectivity index (χ3v) is 5.26. The molecule has 1 aliphatic carbocycles. The molecule has 132 valence electrons. The Kier molecular flexibility index (Phi) is 4.49. The SMILES string of the molecule is Cc1c(C(=O)NCc2cccc(F)c2)c(C2CC2)nc2cc(Br)ccc12. The quantitative estimate of drug-likeness (QED) is 0.635. The second kappa shape index (κ2) is 6.80. The summed E-state index contributed by atoms with van der Waals surface area (Å²) in [6, 6.07) is 12.2. The average molecular weight is 413 g/mol. The van der Waals surface area contributed by atoms with Gasteiger partial charge in [0.25, 0.3) is 5.91 Å². The summed E-state index contributed by atoms with van der Waals surface area (Å²) in [4.78, 5) is 17.7. The van der Waals surface area contributed by atoms with Crippen LogP contribution < -0.4 is 5.32 Å². The van der Waals surface area contributed by atoms with Gasteiger partial charge in [-0.2, -0.15) is 0 Å². The fourth-order valence-corrected chi connectivity index (χ4v) is 3.63. The third kappa shape index (κ3) is 3.36. The topological polar surface area (TPSA) is 42.0 Å². The van der Waals surface area contributed by atoms with Crippen LogP contribution in [0.1, 0.15) is 45.9 Å². The van der Waals surface area contributed by atoms with E-state index in [-0.39, 0.29) is 11.7 Å². The molecule has 1 aromatic heterocycles. The minimum Gasteiger partial charge on any atom is -0.348 e. The zero-order chi connectivity index (χ0) is 18.3. The molecule has 0 radical (unpaired) electrons. The smallest absolute Gasteiger partial charge is 0.253 e. The highest BCUT2D eigenvalue weighted by molar-refractivity contribution is 9.10. The zero-order valence-corrected chi connectivity index (χ0v) is 15.9. The molecule has 0 saturated heterocycles. The summed E-state index contributed by atoms with van der Waals surface area (Å²) >= 11 is 3.49. The lowest BCUT2D eigenvalue weighted by molar-refractivity contribution is 0.0949. The molecule has 26 heavy (non-hydrogen) atoms. The van der Waals surface area contributed by atoms with Crippen molar-refractivity contribution in [3.05, 3.63) is 75.1 Å². The number of hydrogen-bond acceptors (Lipinski definition) is 2. The standard InChI is InChI=1S/C21H18BrFN2O/c1-12-17-8-7-15(22)10-18(17)25-20(14-5-6-14)19(12)21(26)24-11-13-3-2-4-16(23)9-13/h2-4,7-10,14H,5-6,11H2,1H3,(H,24,26). The number of nitrogens with one attached hydrogen (secondary N) is 1. The molecule has 1 fully saturated rings. The largest absolute Gasteiger partial charge is 0.348 e. The Morgan fingerprint density at radius 2 is 2.08 bits per heavy atom. The van der Waals surface area contributed by atoms with Crippen molar-refractivity contribution in [2.45, 2.75) is 32.2 Å². The summed E-state index contributed by atoms with van der Waals surface area (Å²) < 4.78 is 14.3. The molecule has 0 spiro atoms. The van der Waals surface area contributed by atoms with E-state index in [0.29, 0.717) is 18.0 Å². The third-order valence-electron chi connectivity index (χ3n) is 4.77. The van der Waals surface area contributed by atoms with Crippen LogP contribution in [-0.2, 0) is 6.54 Å². The van der Waals surface area contributed by atoms with Gasteiger partial charge in [-0.1, -0.05) is 34.1 Å². The first-order valence-electron chi connectivity index (χ1n) is 8.65. The number of halogens is 2. The van der Waals surface area contributed by atoms with Crippen molar-refractivity contribution >= 4 is 32.7 Å². The number of rotatable bonds is 4. The van der Waals surface area contributed by atoms with Crippen LogP contribution in [0.2, 0.25) is 0 Å². The van der Waals surface area contributed by atoms with Crippen LogP contribution in [0.25, 0.3) is 10.9 Å². The Balaban J connectivity index is 1.70. The van der Waals surface area contributed by atoms with Crippen LogP contribution in [-0.4, -0.2) is 10.9 Å². The number of carbonyl (C=O) groups excluding carboxylic acids is 1. The second-order valence-electron chi connectivity index (χ2n) is 6.75. The summed E-state index contributed by atoms with van der Waals surface area (Å²) in [7, 11) is 0. The molecule has 5 heteroatoms. The molecular formula is C21H18BrFN2O. The molecule has 1 amide bonds. The van der Waals surface area contributed by atoms with Gasteiger partial charge in [0.05, 0.1) is 16.8 Å². The molecule has 1 N–H and O–H groups in total. The van der Waals surface area contributed by atoms with Crippen LogP contribution in [0.4, 0.5) is 4.39 Å². The van der Waals surface area contributed by atoms with Crippen molar-refractivity contribution in [2.75, 3.05) is 0 Å². The molecule has 0 atom stereocenters. The summed E-state index contributed by atoms with van der Waals surface area (Å²) in [5.41, 5.74) is 4.13. The van der Waals surface area contributed by atoms with Gasteiger partial charge in [-0.25, -0.2) is 4.39 Å². The maximum Gasteiger partial charge on any atom is 0.253 e. The number of hydrogen-bond donors (Lipinski definition) is 1. The minimum absolute atomic E-state index is 0.147. The number of carbonyl (C=O) groups is 1. The first kappa shape index (κ1) is 17.2. The Morgan fingerprint density at radius 3 is 2.81 bits per heavy atom. The summed E-state index contributed by atoms with van der Waals surface area (Å²) in [5.74, 6) is -0.0949. The summed E-state index contributed by atoms with van der Waals surface area (Å²) in [6.07, 6.45) is 2.13. The maximum atomic E-state index is 13.3.